The van der Waals surface area contributed by atoms with Gasteiger partial charge in [-0.1, -0.05) is 0 Å². The Morgan fingerprint density at radius 3 is 2.28 bits per heavy atom. The van der Waals surface area contributed by atoms with E-state index in [0.717, 1.165) is 32.7 Å². The first-order chi connectivity index (χ1) is 8.47. The Morgan fingerprint density at radius 2 is 1.78 bits per heavy atom. The number of hydrogen-bond donors (Lipinski definition) is 1. The topological polar surface area (TPSA) is 69.6 Å². The number of halogens is 1. The summed E-state index contributed by atoms with van der Waals surface area (Å²) in [6.45, 7) is 8.30. The van der Waals surface area contributed by atoms with Gasteiger partial charge in [0, 0.05) is 12.1 Å². The van der Waals surface area contributed by atoms with Crippen LogP contribution in [0.1, 0.15) is 28.2 Å². The van der Waals surface area contributed by atoms with Crippen LogP contribution in [0.25, 0.3) is 5.82 Å². The van der Waals surface area contributed by atoms with Gasteiger partial charge < -0.3 is 5.73 Å². The van der Waals surface area contributed by atoms with E-state index in [2.05, 4.69) is 31.2 Å². The first-order valence-electron chi connectivity index (χ1n) is 5.72. The second kappa shape index (κ2) is 4.78. The molecule has 0 saturated carbocycles. The molecule has 0 aliphatic rings. The summed E-state index contributed by atoms with van der Waals surface area (Å²) in [6.07, 6.45) is 0. The molecule has 2 N–H and O–H groups in total. The molecular weight excluding hydrogens is 294 g/mol. The molecule has 0 unspecified atom stereocenters. The van der Waals surface area contributed by atoms with Crippen molar-refractivity contribution in [1.82, 2.24) is 20.0 Å². The normalized spacial score (nSPS) is 11.0. The molecule has 0 atom stereocenters. The summed E-state index contributed by atoms with van der Waals surface area (Å²) in [4.78, 5) is 0. The van der Waals surface area contributed by atoms with Crippen LogP contribution in [0.4, 0.5) is 0 Å². The molecule has 2 rings (SSSR count). The van der Waals surface area contributed by atoms with Gasteiger partial charge in [0.25, 0.3) is 0 Å². The molecule has 0 bridgehead atoms. The zero-order valence-corrected chi connectivity index (χ0v) is 12.5. The monoisotopic (exact) mass is 309 g/mol. The van der Waals surface area contributed by atoms with E-state index >= 15 is 0 Å². The van der Waals surface area contributed by atoms with Gasteiger partial charge in [-0.25, -0.2) is 4.68 Å². The van der Waals surface area contributed by atoms with Crippen molar-refractivity contribution in [3.8, 4) is 5.82 Å². The lowest BCUT2D eigenvalue weighted by atomic mass is 10.1. The van der Waals surface area contributed by atoms with Gasteiger partial charge in [-0.3, -0.25) is 0 Å². The largest absolute Gasteiger partial charge is 0.326 e. The van der Waals surface area contributed by atoms with E-state index in [1.807, 2.05) is 27.7 Å². The zero-order valence-electron chi connectivity index (χ0n) is 11.0. The third-order valence-corrected chi connectivity index (χ3v) is 4.32. The summed E-state index contributed by atoms with van der Waals surface area (Å²) in [5.74, 6) is 0.715. The lowest BCUT2D eigenvalue weighted by Crippen LogP contribution is -2.13. The van der Waals surface area contributed by atoms with E-state index in [-0.39, 0.29) is 0 Å². The van der Waals surface area contributed by atoms with E-state index in [1.165, 1.54) is 0 Å². The van der Waals surface area contributed by atoms with Gasteiger partial charge in [-0.15, -0.1) is 5.10 Å². The van der Waals surface area contributed by atoms with E-state index < -0.39 is 0 Å². The zero-order chi connectivity index (χ0) is 13.4. The van der Waals surface area contributed by atoms with Crippen LogP contribution in [0.15, 0.2) is 4.47 Å². The van der Waals surface area contributed by atoms with Crippen molar-refractivity contribution in [2.75, 3.05) is 0 Å². The lowest BCUT2D eigenvalue weighted by molar-refractivity contribution is 0.751. The average Bonchev–Trinajstić information content (AvgIpc) is 2.60. The van der Waals surface area contributed by atoms with Crippen molar-refractivity contribution in [2.45, 2.75) is 34.2 Å². The van der Waals surface area contributed by atoms with Crippen LogP contribution in [-0.4, -0.2) is 20.0 Å². The quantitative estimate of drug-likeness (QED) is 0.922. The van der Waals surface area contributed by atoms with Crippen LogP contribution in [0.5, 0.6) is 0 Å². The maximum atomic E-state index is 5.83. The molecule has 0 amide bonds. The van der Waals surface area contributed by atoms with Gasteiger partial charge in [0.2, 0.25) is 0 Å². The fraction of sp³-hybridized carbons (Fsp3) is 0.417. The Hall–Kier alpha value is -1.27. The van der Waals surface area contributed by atoms with Crippen molar-refractivity contribution in [3.05, 3.63) is 32.7 Å². The van der Waals surface area contributed by atoms with Crippen molar-refractivity contribution < 1.29 is 0 Å². The molecular formula is C12H16BrN5. The molecule has 6 heteroatoms. The van der Waals surface area contributed by atoms with Gasteiger partial charge in [-0.05, 0) is 49.2 Å². The van der Waals surface area contributed by atoms with Crippen LogP contribution >= 0.6 is 15.9 Å². The third-order valence-electron chi connectivity index (χ3n) is 3.17. The number of rotatable bonds is 2. The Kier molecular flexibility index (Phi) is 3.49. The smallest absolute Gasteiger partial charge is 0.180 e. The molecule has 2 heterocycles. The molecule has 0 saturated heterocycles. The highest BCUT2D eigenvalue weighted by Gasteiger charge is 2.16. The predicted octanol–water partition coefficient (Wildman–Crippen LogP) is 2.12. The molecule has 0 fully saturated rings. The molecule has 2 aromatic heterocycles. The van der Waals surface area contributed by atoms with Gasteiger partial charge in [0.1, 0.15) is 0 Å². The van der Waals surface area contributed by atoms with Crippen molar-refractivity contribution in [3.63, 3.8) is 0 Å². The van der Waals surface area contributed by atoms with Crippen LogP contribution in [0, 0.1) is 27.7 Å². The highest BCUT2D eigenvalue weighted by Crippen LogP contribution is 2.24. The molecule has 0 aromatic carbocycles. The van der Waals surface area contributed by atoms with Crippen molar-refractivity contribution in [1.29, 1.82) is 0 Å². The Labute approximate surface area is 115 Å². The first kappa shape index (κ1) is 13.2. The van der Waals surface area contributed by atoms with E-state index in [1.54, 1.807) is 4.68 Å². The summed E-state index contributed by atoms with van der Waals surface area (Å²) in [7, 11) is 0. The van der Waals surface area contributed by atoms with Gasteiger partial charge in [-0.2, -0.15) is 10.2 Å². The number of nitrogens with zero attached hydrogens (tertiary/aromatic N) is 4. The molecule has 5 nitrogen and oxygen atoms in total. The van der Waals surface area contributed by atoms with Crippen molar-refractivity contribution in [2.24, 2.45) is 5.73 Å². The number of hydrogen-bond acceptors (Lipinski definition) is 4. The minimum atomic E-state index is 0.424. The standard InChI is InChI=1S/C12H16BrN5/c1-6-7(2)15-16-12(10(6)5-14)18-9(4)11(13)8(3)17-18/h5,14H2,1-4H3. The summed E-state index contributed by atoms with van der Waals surface area (Å²) in [6, 6.07) is 0. The molecule has 96 valence electrons. The predicted molar refractivity (Wildman–Crippen MR) is 73.7 cm³/mol. The molecule has 0 aliphatic heterocycles. The highest BCUT2D eigenvalue weighted by atomic mass is 79.9. The summed E-state index contributed by atoms with van der Waals surface area (Å²) >= 11 is 3.51. The van der Waals surface area contributed by atoms with Gasteiger partial charge >= 0.3 is 0 Å². The Balaban J connectivity index is 2.71. The van der Waals surface area contributed by atoms with Crippen LogP contribution < -0.4 is 5.73 Å². The molecule has 18 heavy (non-hydrogen) atoms. The highest BCUT2D eigenvalue weighted by molar-refractivity contribution is 9.10. The first-order valence-corrected chi connectivity index (χ1v) is 6.51. The fourth-order valence-electron chi connectivity index (χ4n) is 1.89. The second-order valence-corrected chi connectivity index (χ2v) is 5.11. The van der Waals surface area contributed by atoms with E-state index in [0.29, 0.717) is 12.4 Å². The lowest BCUT2D eigenvalue weighted by Gasteiger charge is -2.12. The minimum Gasteiger partial charge on any atom is -0.326 e. The average molecular weight is 310 g/mol. The number of nitrogens with two attached hydrogens (primary N) is 1. The molecule has 0 aliphatic carbocycles. The Bertz CT molecular complexity index is 603. The van der Waals surface area contributed by atoms with Gasteiger partial charge in [0.05, 0.1) is 21.6 Å². The van der Waals surface area contributed by atoms with Crippen LogP contribution in [0.3, 0.4) is 0 Å². The second-order valence-electron chi connectivity index (χ2n) is 4.31. The Morgan fingerprint density at radius 1 is 1.11 bits per heavy atom. The molecule has 0 spiro atoms. The number of aryl methyl sites for hydroxylation is 2. The maximum absolute atomic E-state index is 5.83. The van der Waals surface area contributed by atoms with E-state index in [4.69, 9.17) is 5.73 Å². The summed E-state index contributed by atoms with van der Waals surface area (Å²) in [5.41, 5.74) is 10.7. The van der Waals surface area contributed by atoms with Gasteiger partial charge in [0.15, 0.2) is 5.82 Å². The molecule has 2 aromatic rings. The fourth-order valence-corrected chi connectivity index (χ4v) is 2.14. The van der Waals surface area contributed by atoms with Crippen LogP contribution in [0.2, 0.25) is 0 Å². The third kappa shape index (κ3) is 1.95. The SMILES string of the molecule is Cc1nnc(-n2nc(C)c(Br)c2C)c(CN)c1C. The van der Waals surface area contributed by atoms with Crippen molar-refractivity contribution >= 4 is 15.9 Å². The summed E-state index contributed by atoms with van der Waals surface area (Å²) in [5, 5.41) is 12.9. The van der Waals surface area contributed by atoms with Crippen LogP contribution in [-0.2, 0) is 6.54 Å². The minimum absolute atomic E-state index is 0.424. The van der Waals surface area contributed by atoms with E-state index in [9.17, 15) is 0 Å². The summed E-state index contributed by atoms with van der Waals surface area (Å²) < 4.78 is 2.78. The maximum Gasteiger partial charge on any atom is 0.180 e. The molecule has 0 radical (unpaired) electrons. The number of aromatic nitrogens is 4.